The Balaban J connectivity index is 4.11. The average Bonchev–Trinajstić information content (AvgIpc) is 2.25. The van der Waals surface area contributed by atoms with Crippen LogP contribution in [-0.2, 0) is 4.79 Å². The van der Waals surface area contributed by atoms with Crippen molar-refractivity contribution in [2.24, 2.45) is 0 Å². The van der Waals surface area contributed by atoms with Crippen molar-refractivity contribution in [1.82, 2.24) is 0 Å². The van der Waals surface area contributed by atoms with Gasteiger partial charge in [-0.1, -0.05) is 39.5 Å². The zero-order valence-corrected chi connectivity index (χ0v) is 10.1. The molecule has 96 valence electrons. The lowest BCUT2D eigenvalue weighted by Gasteiger charge is -2.21. The number of hydrogen-bond acceptors (Lipinski definition) is 2. The first-order valence-corrected chi connectivity index (χ1v) is 6.05. The molecule has 1 atom stereocenters. The molecule has 0 fully saturated rings. The van der Waals surface area contributed by atoms with Crippen LogP contribution in [0.3, 0.4) is 0 Å². The Morgan fingerprint density at radius 1 is 1.19 bits per heavy atom. The summed E-state index contributed by atoms with van der Waals surface area (Å²) in [5.74, 6) is -4.69. The van der Waals surface area contributed by atoms with E-state index in [4.69, 9.17) is 0 Å². The van der Waals surface area contributed by atoms with Crippen LogP contribution in [0.25, 0.3) is 0 Å². The monoisotopic (exact) mass is 236 g/mol. The third-order valence-corrected chi connectivity index (χ3v) is 2.63. The van der Waals surface area contributed by atoms with E-state index in [1.807, 2.05) is 13.8 Å². The number of carbonyl (C=O) groups excluding carboxylic acids is 1. The molecule has 1 unspecified atom stereocenters. The largest absolute Gasteiger partial charge is 0.386 e. The molecule has 0 amide bonds. The molecule has 4 heteroatoms. The van der Waals surface area contributed by atoms with E-state index in [1.165, 1.54) is 0 Å². The normalized spacial score (nSPS) is 13.8. The third-order valence-electron chi connectivity index (χ3n) is 2.63. The standard InChI is InChI=1S/C12H22F2O2/c1-3-5-7-9-11(16)12(13,14)10(15)8-6-4-2/h11,16H,3-9H2,1-2H3. The van der Waals surface area contributed by atoms with Gasteiger partial charge in [-0.05, 0) is 12.8 Å². The smallest absolute Gasteiger partial charge is 0.330 e. The highest BCUT2D eigenvalue weighted by Gasteiger charge is 2.44. The zero-order valence-electron chi connectivity index (χ0n) is 10.1. The molecular formula is C12H22F2O2. The Kier molecular flexibility index (Phi) is 7.47. The number of unbranched alkanes of at least 4 members (excludes halogenated alkanes) is 3. The fourth-order valence-corrected chi connectivity index (χ4v) is 1.46. The highest BCUT2D eigenvalue weighted by atomic mass is 19.3. The Morgan fingerprint density at radius 3 is 2.25 bits per heavy atom. The fraction of sp³-hybridized carbons (Fsp3) is 0.917. The fourth-order valence-electron chi connectivity index (χ4n) is 1.46. The third kappa shape index (κ3) is 5.01. The number of halogens is 2. The maximum Gasteiger partial charge on any atom is 0.330 e. The summed E-state index contributed by atoms with van der Waals surface area (Å²) in [4.78, 5) is 11.2. The SMILES string of the molecule is CCCCCC(O)C(F)(F)C(=O)CCCC. The number of Topliss-reactive ketones (excluding diaryl/α,β-unsaturated/α-hetero) is 1. The predicted octanol–water partition coefficient (Wildman–Crippen LogP) is 3.32. The second kappa shape index (κ2) is 7.71. The Bertz CT molecular complexity index is 205. The molecule has 0 radical (unpaired) electrons. The summed E-state index contributed by atoms with van der Waals surface area (Å²) in [6, 6.07) is 0. The molecule has 0 aromatic rings. The summed E-state index contributed by atoms with van der Waals surface area (Å²) in [6.45, 7) is 3.79. The van der Waals surface area contributed by atoms with Crippen molar-refractivity contribution >= 4 is 5.78 Å². The van der Waals surface area contributed by atoms with Crippen LogP contribution in [0.15, 0.2) is 0 Å². The lowest BCUT2D eigenvalue weighted by molar-refractivity contribution is -0.161. The maximum atomic E-state index is 13.4. The topological polar surface area (TPSA) is 37.3 Å². The first-order chi connectivity index (χ1) is 7.46. The van der Waals surface area contributed by atoms with Gasteiger partial charge in [0.1, 0.15) is 6.10 Å². The first-order valence-electron chi connectivity index (χ1n) is 6.05. The van der Waals surface area contributed by atoms with Crippen molar-refractivity contribution < 1.29 is 18.7 Å². The highest BCUT2D eigenvalue weighted by molar-refractivity contribution is 5.86. The molecule has 2 nitrogen and oxygen atoms in total. The molecule has 0 aromatic heterocycles. The van der Waals surface area contributed by atoms with E-state index in [0.29, 0.717) is 19.3 Å². The number of ketones is 1. The molecule has 0 aliphatic rings. The van der Waals surface area contributed by atoms with Crippen LogP contribution in [0.5, 0.6) is 0 Å². The summed E-state index contributed by atoms with van der Waals surface area (Å²) in [6.07, 6.45) is 1.44. The predicted molar refractivity (Wildman–Crippen MR) is 59.6 cm³/mol. The average molecular weight is 236 g/mol. The van der Waals surface area contributed by atoms with Crippen LogP contribution in [0.4, 0.5) is 8.78 Å². The van der Waals surface area contributed by atoms with Gasteiger partial charge in [-0.15, -0.1) is 0 Å². The maximum absolute atomic E-state index is 13.4. The van der Waals surface area contributed by atoms with Gasteiger partial charge < -0.3 is 5.11 Å². The van der Waals surface area contributed by atoms with E-state index in [-0.39, 0.29) is 12.8 Å². The van der Waals surface area contributed by atoms with E-state index in [1.54, 1.807) is 0 Å². The molecule has 0 saturated carbocycles. The molecule has 0 heterocycles. The Labute approximate surface area is 96.0 Å². The van der Waals surface area contributed by atoms with E-state index >= 15 is 0 Å². The summed E-state index contributed by atoms with van der Waals surface area (Å²) >= 11 is 0. The van der Waals surface area contributed by atoms with E-state index < -0.39 is 17.8 Å². The number of rotatable bonds is 9. The second-order valence-electron chi connectivity index (χ2n) is 4.16. The van der Waals surface area contributed by atoms with Crippen molar-refractivity contribution in [3.8, 4) is 0 Å². The molecular weight excluding hydrogens is 214 g/mol. The van der Waals surface area contributed by atoms with Gasteiger partial charge in [-0.3, -0.25) is 4.79 Å². The van der Waals surface area contributed by atoms with Crippen LogP contribution in [-0.4, -0.2) is 22.9 Å². The van der Waals surface area contributed by atoms with Crippen LogP contribution in [0.1, 0.15) is 58.8 Å². The number of carbonyl (C=O) groups is 1. The van der Waals surface area contributed by atoms with Crippen molar-refractivity contribution in [2.45, 2.75) is 70.8 Å². The highest BCUT2D eigenvalue weighted by Crippen LogP contribution is 2.26. The van der Waals surface area contributed by atoms with Crippen molar-refractivity contribution in [3.63, 3.8) is 0 Å². The van der Waals surface area contributed by atoms with Crippen LogP contribution in [0, 0.1) is 0 Å². The Hall–Kier alpha value is -0.510. The number of aliphatic hydroxyl groups is 1. The molecule has 0 aliphatic heterocycles. The molecule has 0 bridgehead atoms. The van der Waals surface area contributed by atoms with Gasteiger partial charge in [0.2, 0.25) is 5.78 Å². The quantitative estimate of drug-likeness (QED) is 0.623. The lowest BCUT2D eigenvalue weighted by Crippen LogP contribution is -2.41. The number of aliphatic hydroxyl groups excluding tert-OH is 1. The minimum atomic E-state index is -3.57. The lowest BCUT2D eigenvalue weighted by atomic mass is 9.99. The van der Waals surface area contributed by atoms with Gasteiger partial charge in [-0.2, -0.15) is 8.78 Å². The second-order valence-corrected chi connectivity index (χ2v) is 4.16. The number of alkyl halides is 2. The molecule has 0 spiro atoms. The van der Waals surface area contributed by atoms with Crippen LogP contribution in [0.2, 0.25) is 0 Å². The number of hydrogen-bond donors (Lipinski definition) is 1. The molecule has 0 rings (SSSR count). The summed E-state index contributed by atoms with van der Waals surface area (Å²) in [5.41, 5.74) is 0. The van der Waals surface area contributed by atoms with Gasteiger partial charge in [0.15, 0.2) is 0 Å². The van der Waals surface area contributed by atoms with Gasteiger partial charge in [0, 0.05) is 6.42 Å². The van der Waals surface area contributed by atoms with Crippen LogP contribution >= 0.6 is 0 Å². The van der Waals surface area contributed by atoms with Crippen molar-refractivity contribution in [3.05, 3.63) is 0 Å². The minimum Gasteiger partial charge on any atom is -0.386 e. The van der Waals surface area contributed by atoms with E-state index in [9.17, 15) is 18.7 Å². The van der Waals surface area contributed by atoms with E-state index in [2.05, 4.69) is 0 Å². The summed E-state index contributed by atoms with van der Waals surface area (Å²) in [5, 5.41) is 9.30. The van der Waals surface area contributed by atoms with Gasteiger partial charge in [-0.25, -0.2) is 0 Å². The van der Waals surface area contributed by atoms with Crippen LogP contribution < -0.4 is 0 Å². The molecule has 0 aliphatic carbocycles. The summed E-state index contributed by atoms with van der Waals surface area (Å²) < 4.78 is 26.7. The molecule has 0 aromatic carbocycles. The van der Waals surface area contributed by atoms with Crippen molar-refractivity contribution in [1.29, 1.82) is 0 Å². The summed E-state index contributed by atoms with van der Waals surface area (Å²) in [7, 11) is 0. The molecule has 1 N–H and O–H groups in total. The van der Waals surface area contributed by atoms with Gasteiger partial charge >= 0.3 is 5.92 Å². The van der Waals surface area contributed by atoms with Gasteiger partial charge in [0.05, 0.1) is 0 Å². The first kappa shape index (κ1) is 15.5. The van der Waals surface area contributed by atoms with Gasteiger partial charge in [0.25, 0.3) is 0 Å². The molecule has 16 heavy (non-hydrogen) atoms. The van der Waals surface area contributed by atoms with Crippen molar-refractivity contribution in [2.75, 3.05) is 0 Å². The Morgan fingerprint density at radius 2 is 1.75 bits per heavy atom. The van der Waals surface area contributed by atoms with E-state index in [0.717, 1.165) is 12.8 Å². The minimum absolute atomic E-state index is 0.00128. The molecule has 0 saturated heterocycles. The zero-order chi connectivity index (χ0) is 12.6.